The Kier molecular flexibility index (Phi) is 6.42. The summed E-state index contributed by atoms with van der Waals surface area (Å²) in [4.78, 5) is 8.22. The van der Waals surface area contributed by atoms with Crippen LogP contribution in [0.4, 0.5) is 8.78 Å². The second-order valence-corrected chi connectivity index (χ2v) is 7.05. The molecular weight excluding hydrogens is 324 g/mol. The Morgan fingerprint density at radius 1 is 1.20 bits per heavy atom. The first kappa shape index (κ1) is 19.2. The maximum Gasteiger partial charge on any atom is 0.143 e. The Hall–Kier alpha value is -2.08. The van der Waals surface area contributed by atoms with Crippen molar-refractivity contribution in [1.29, 1.82) is 0 Å². The molecule has 0 aliphatic rings. The van der Waals surface area contributed by atoms with Gasteiger partial charge in [-0.1, -0.05) is 6.92 Å². The van der Waals surface area contributed by atoms with Gasteiger partial charge in [0.2, 0.25) is 0 Å². The van der Waals surface area contributed by atoms with Gasteiger partial charge in [0.15, 0.2) is 0 Å². The molecule has 2 aromatic rings. The van der Waals surface area contributed by atoms with Crippen LogP contribution in [0.5, 0.6) is 5.75 Å². The van der Waals surface area contributed by atoms with E-state index in [0.717, 1.165) is 6.42 Å². The van der Waals surface area contributed by atoms with Gasteiger partial charge in [0.25, 0.3) is 0 Å². The van der Waals surface area contributed by atoms with Gasteiger partial charge in [0.1, 0.15) is 24.8 Å². The van der Waals surface area contributed by atoms with E-state index in [2.05, 4.69) is 9.97 Å². The van der Waals surface area contributed by atoms with Crippen LogP contribution in [0, 0.1) is 5.92 Å². The number of nitrogens with two attached hydrogens (primary N) is 1. The van der Waals surface area contributed by atoms with Gasteiger partial charge in [-0.3, -0.25) is 4.98 Å². The topological polar surface area (TPSA) is 61.0 Å². The highest BCUT2D eigenvalue weighted by molar-refractivity contribution is 5.60. The smallest absolute Gasteiger partial charge is 0.143 e. The van der Waals surface area contributed by atoms with E-state index in [1.54, 1.807) is 24.3 Å². The van der Waals surface area contributed by atoms with Gasteiger partial charge in [0.05, 0.1) is 18.0 Å². The maximum atomic E-state index is 13.4. The lowest BCUT2D eigenvalue weighted by Crippen LogP contribution is -2.35. The summed E-state index contributed by atoms with van der Waals surface area (Å²) in [7, 11) is 0. The molecule has 0 saturated heterocycles. The van der Waals surface area contributed by atoms with Crippen molar-refractivity contribution in [2.45, 2.75) is 46.1 Å². The Morgan fingerprint density at radius 3 is 2.60 bits per heavy atom. The lowest BCUT2D eigenvalue weighted by Gasteiger charge is -2.23. The second kappa shape index (κ2) is 8.34. The van der Waals surface area contributed by atoms with Crippen LogP contribution in [0.15, 0.2) is 30.5 Å². The highest BCUT2D eigenvalue weighted by Gasteiger charge is 2.17. The summed E-state index contributed by atoms with van der Waals surface area (Å²) < 4.78 is 31.9. The molecule has 0 aliphatic heterocycles. The minimum atomic E-state index is -0.735. The molecule has 0 aliphatic carbocycles. The predicted molar refractivity (Wildman–Crippen MR) is 94.6 cm³/mol. The van der Waals surface area contributed by atoms with Gasteiger partial charge in [-0.2, -0.15) is 0 Å². The van der Waals surface area contributed by atoms with Crippen LogP contribution in [0.25, 0.3) is 11.3 Å². The SMILES string of the molecule is C[C@H](COc1ccc(-c2ccnc(CF)c2)nc1CF)CC(C)(C)N. The molecule has 0 fully saturated rings. The van der Waals surface area contributed by atoms with Crippen molar-refractivity contribution in [3.63, 3.8) is 0 Å². The molecule has 2 heterocycles. The number of ether oxygens (including phenoxy) is 1. The van der Waals surface area contributed by atoms with Gasteiger partial charge in [-0.15, -0.1) is 0 Å². The summed E-state index contributed by atoms with van der Waals surface area (Å²) in [6.45, 7) is 5.03. The van der Waals surface area contributed by atoms with Crippen LogP contribution in [0.2, 0.25) is 0 Å². The molecule has 0 radical (unpaired) electrons. The van der Waals surface area contributed by atoms with Crippen LogP contribution in [-0.2, 0) is 13.3 Å². The van der Waals surface area contributed by atoms with E-state index in [0.29, 0.717) is 29.3 Å². The second-order valence-electron chi connectivity index (χ2n) is 7.05. The molecule has 6 heteroatoms. The zero-order valence-corrected chi connectivity index (χ0v) is 14.9. The third kappa shape index (κ3) is 5.74. The Labute approximate surface area is 147 Å². The monoisotopic (exact) mass is 349 g/mol. The first-order chi connectivity index (χ1) is 11.8. The number of nitrogens with zero attached hydrogens (tertiary/aromatic N) is 2. The highest BCUT2D eigenvalue weighted by atomic mass is 19.1. The van der Waals surface area contributed by atoms with E-state index < -0.39 is 13.3 Å². The zero-order chi connectivity index (χ0) is 18.4. The molecule has 0 spiro atoms. The largest absolute Gasteiger partial charge is 0.491 e. The number of alkyl halides is 2. The van der Waals surface area contributed by atoms with Crippen LogP contribution < -0.4 is 10.5 Å². The fourth-order valence-electron chi connectivity index (χ4n) is 2.78. The third-order valence-corrected chi connectivity index (χ3v) is 3.71. The van der Waals surface area contributed by atoms with Crippen molar-refractivity contribution in [1.82, 2.24) is 9.97 Å². The zero-order valence-electron chi connectivity index (χ0n) is 14.9. The van der Waals surface area contributed by atoms with Crippen LogP contribution in [-0.4, -0.2) is 22.1 Å². The summed E-state index contributed by atoms with van der Waals surface area (Å²) >= 11 is 0. The molecule has 2 rings (SSSR count). The maximum absolute atomic E-state index is 13.4. The summed E-state index contributed by atoms with van der Waals surface area (Å²) in [5, 5.41) is 0. The number of pyridine rings is 2. The minimum absolute atomic E-state index is 0.232. The average molecular weight is 349 g/mol. The Bertz CT molecular complexity index is 701. The van der Waals surface area contributed by atoms with Crippen molar-refractivity contribution in [2.24, 2.45) is 11.7 Å². The molecule has 0 amide bonds. The number of aromatic nitrogens is 2. The Balaban J connectivity index is 2.13. The third-order valence-electron chi connectivity index (χ3n) is 3.71. The van der Waals surface area contributed by atoms with Gasteiger partial charge < -0.3 is 10.5 Å². The molecule has 0 unspecified atom stereocenters. The molecule has 136 valence electrons. The summed E-state index contributed by atoms with van der Waals surface area (Å²) in [5.74, 6) is 0.659. The van der Waals surface area contributed by atoms with Crippen LogP contribution in [0.1, 0.15) is 38.6 Å². The van der Waals surface area contributed by atoms with Crippen LogP contribution in [0.3, 0.4) is 0 Å². The lowest BCUT2D eigenvalue weighted by molar-refractivity contribution is 0.225. The summed E-state index contributed by atoms with van der Waals surface area (Å²) in [6.07, 6.45) is 2.31. The standard InChI is InChI=1S/C19H25F2N3O/c1-13(9-19(2,3)22)12-25-18-5-4-16(24-17(18)11-21)14-6-7-23-15(8-14)10-20/h4-8,13H,9-12,22H2,1-3H3/t13-/m0/s1. The minimum Gasteiger partial charge on any atom is -0.491 e. The van der Waals surface area contributed by atoms with Crippen molar-refractivity contribution in [3.05, 3.63) is 41.9 Å². The van der Waals surface area contributed by atoms with Gasteiger partial charge >= 0.3 is 0 Å². The van der Waals surface area contributed by atoms with Crippen LogP contribution >= 0.6 is 0 Å². The molecule has 4 nitrogen and oxygen atoms in total. The Morgan fingerprint density at radius 2 is 1.96 bits per heavy atom. The number of hydrogen-bond acceptors (Lipinski definition) is 4. The highest BCUT2D eigenvalue weighted by Crippen LogP contribution is 2.25. The number of halogens is 2. The number of rotatable bonds is 8. The predicted octanol–water partition coefficient (Wildman–Crippen LogP) is 4.22. The molecule has 2 N–H and O–H groups in total. The quantitative estimate of drug-likeness (QED) is 0.775. The summed E-state index contributed by atoms with van der Waals surface area (Å²) in [5.41, 5.74) is 7.55. The molecule has 0 aromatic carbocycles. The fraction of sp³-hybridized carbons (Fsp3) is 0.474. The molecular formula is C19H25F2N3O. The van der Waals surface area contributed by atoms with E-state index in [9.17, 15) is 8.78 Å². The first-order valence-electron chi connectivity index (χ1n) is 8.31. The number of hydrogen-bond donors (Lipinski definition) is 1. The molecule has 2 aromatic heterocycles. The molecule has 0 saturated carbocycles. The van der Waals surface area contributed by atoms with E-state index in [-0.39, 0.29) is 17.2 Å². The summed E-state index contributed by atoms with van der Waals surface area (Å²) in [6, 6.07) is 6.77. The van der Waals surface area contributed by atoms with E-state index in [1.807, 2.05) is 20.8 Å². The average Bonchev–Trinajstić information content (AvgIpc) is 2.58. The lowest BCUT2D eigenvalue weighted by atomic mass is 9.93. The fourth-order valence-corrected chi connectivity index (χ4v) is 2.78. The van der Waals surface area contributed by atoms with E-state index in [1.165, 1.54) is 6.20 Å². The van der Waals surface area contributed by atoms with Crippen molar-refractivity contribution in [2.75, 3.05) is 6.61 Å². The van der Waals surface area contributed by atoms with E-state index in [4.69, 9.17) is 10.5 Å². The van der Waals surface area contributed by atoms with Crippen molar-refractivity contribution < 1.29 is 13.5 Å². The van der Waals surface area contributed by atoms with Gasteiger partial charge in [0, 0.05) is 17.3 Å². The first-order valence-corrected chi connectivity index (χ1v) is 8.31. The van der Waals surface area contributed by atoms with E-state index >= 15 is 0 Å². The molecule has 1 atom stereocenters. The van der Waals surface area contributed by atoms with Gasteiger partial charge in [-0.25, -0.2) is 13.8 Å². The van der Waals surface area contributed by atoms with Crippen molar-refractivity contribution in [3.8, 4) is 17.0 Å². The van der Waals surface area contributed by atoms with Gasteiger partial charge in [-0.05, 0) is 50.5 Å². The molecule has 0 bridgehead atoms. The normalized spacial score (nSPS) is 12.9. The molecule has 25 heavy (non-hydrogen) atoms. The van der Waals surface area contributed by atoms with Crippen molar-refractivity contribution >= 4 is 0 Å².